The number of hydrazone groups is 1. The Labute approximate surface area is 214 Å². The predicted molar refractivity (Wildman–Crippen MR) is 141 cm³/mol. The number of morpholine rings is 1. The van der Waals surface area contributed by atoms with Crippen molar-refractivity contribution in [3.63, 3.8) is 0 Å². The molecule has 6 rings (SSSR count). The molecule has 9 heteroatoms. The molecule has 1 aromatic heterocycles. The molecule has 0 saturated carbocycles. The molecule has 0 spiro atoms. The van der Waals surface area contributed by atoms with E-state index in [1.165, 1.54) is 17.7 Å². The zero-order valence-electron chi connectivity index (χ0n) is 20.2. The second-order valence-electron chi connectivity index (χ2n) is 9.07. The maximum absolute atomic E-state index is 13.8. The van der Waals surface area contributed by atoms with Gasteiger partial charge < -0.3 is 14.4 Å². The van der Waals surface area contributed by atoms with Crippen molar-refractivity contribution < 1.29 is 13.9 Å². The minimum atomic E-state index is -0.253. The molecule has 1 saturated heterocycles. The normalized spacial score (nSPS) is 19.7. The van der Waals surface area contributed by atoms with Crippen molar-refractivity contribution in [3.8, 4) is 5.75 Å². The second-order valence-corrected chi connectivity index (χ2v) is 10.2. The van der Waals surface area contributed by atoms with Crippen molar-refractivity contribution in [1.82, 2.24) is 9.97 Å². The zero-order chi connectivity index (χ0) is 24.5. The number of thioether (sulfide) groups is 1. The van der Waals surface area contributed by atoms with E-state index in [-0.39, 0.29) is 11.9 Å². The van der Waals surface area contributed by atoms with Crippen molar-refractivity contribution >= 4 is 29.2 Å². The number of aryl methyl sites for hydroxylation is 1. The first kappa shape index (κ1) is 23.2. The Balaban J connectivity index is 1.43. The molecule has 0 bridgehead atoms. The Morgan fingerprint density at radius 1 is 1.03 bits per heavy atom. The van der Waals surface area contributed by atoms with Crippen molar-refractivity contribution in [1.29, 1.82) is 0 Å². The molecule has 0 N–H and O–H groups in total. The highest BCUT2D eigenvalue weighted by Gasteiger charge is 2.34. The number of rotatable bonds is 5. The number of methoxy groups -OCH3 is 1. The van der Waals surface area contributed by atoms with Crippen LogP contribution in [0.1, 0.15) is 34.8 Å². The summed E-state index contributed by atoms with van der Waals surface area (Å²) in [5.41, 5.74) is 5.28. The molecule has 3 aromatic rings. The number of halogens is 1. The third-order valence-electron chi connectivity index (χ3n) is 6.89. The molecule has 1 fully saturated rings. The van der Waals surface area contributed by atoms with E-state index in [2.05, 4.69) is 4.90 Å². The fourth-order valence-corrected chi connectivity index (χ4v) is 5.92. The number of ether oxygens (including phenoxy) is 2. The van der Waals surface area contributed by atoms with Crippen LogP contribution >= 0.6 is 11.8 Å². The van der Waals surface area contributed by atoms with Crippen LogP contribution in [0.3, 0.4) is 0 Å². The molecule has 1 atom stereocenters. The van der Waals surface area contributed by atoms with Crippen LogP contribution < -0.4 is 14.6 Å². The van der Waals surface area contributed by atoms with Gasteiger partial charge in [0.05, 0.1) is 37.8 Å². The first-order chi connectivity index (χ1) is 17.7. The fourth-order valence-electron chi connectivity index (χ4n) is 4.94. The van der Waals surface area contributed by atoms with E-state index in [9.17, 15) is 4.39 Å². The van der Waals surface area contributed by atoms with Crippen LogP contribution in [-0.4, -0.2) is 54.8 Å². The number of hydrogen-bond donors (Lipinski definition) is 0. The smallest absolute Gasteiger partial charge is 0.249 e. The maximum atomic E-state index is 13.8. The van der Waals surface area contributed by atoms with Crippen LogP contribution in [-0.2, 0) is 16.9 Å². The average Bonchev–Trinajstić information content (AvgIpc) is 3.39. The van der Waals surface area contributed by atoms with Crippen LogP contribution in [0.5, 0.6) is 5.75 Å². The minimum absolute atomic E-state index is 0.128. The number of benzene rings is 2. The molecule has 0 radical (unpaired) electrons. The Bertz CT molecular complexity index is 1260. The van der Waals surface area contributed by atoms with Crippen molar-refractivity contribution in [2.45, 2.75) is 24.6 Å². The molecule has 36 heavy (non-hydrogen) atoms. The minimum Gasteiger partial charge on any atom is -0.497 e. The molecule has 7 nitrogen and oxygen atoms in total. The number of aromatic nitrogens is 2. The first-order valence-electron chi connectivity index (χ1n) is 12.3. The summed E-state index contributed by atoms with van der Waals surface area (Å²) in [5, 5.41) is 6.97. The fraction of sp³-hybridized carbons (Fsp3) is 0.370. The third kappa shape index (κ3) is 4.53. The van der Waals surface area contributed by atoms with Gasteiger partial charge in [-0.1, -0.05) is 12.1 Å². The standard InChI is InChI=1S/C27H28FN5O2S/c1-34-21-8-4-18(5-9-21)24-16-25(19-2-6-20(28)7-3-19)33(31-24)27-29-23-10-15-36-17-22(23)26(30-27)32-11-13-35-14-12-32/h2-9,25H,10-17H2,1H3. The molecule has 0 aliphatic carbocycles. The Morgan fingerprint density at radius 2 is 1.81 bits per heavy atom. The van der Waals surface area contributed by atoms with E-state index >= 15 is 0 Å². The molecule has 3 aliphatic rings. The van der Waals surface area contributed by atoms with E-state index in [0.717, 1.165) is 65.1 Å². The summed E-state index contributed by atoms with van der Waals surface area (Å²) in [5.74, 6) is 4.11. The lowest BCUT2D eigenvalue weighted by Crippen LogP contribution is -2.38. The number of anilines is 2. The van der Waals surface area contributed by atoms with E-state index < -0.39 is 0 Å². The summed E-state index contributed by atoms with van der Waals surface area (Å²) in [6.07, 6.45) is 1.58. The summed E-state index contributed by atoms with van der Waals surface area (Å²) in [4.78, 5) is 12.5. The van der Waals surface area contributed by atoms with Gasteiger partial charge >= 0.3 is 0 Å². The van der Waals surface area contributed by atoms with Crippen LogP contribution in [0.4, 0.5) is 16.2 Å². The van der Waals surface area contributed by atoms with Gasteiger partial charge in [0.15, 0.2) is 0 Å². The molecule has 0 amide bonds. The van der Waals surface area contributed by atoms with Gasteiger partial charge in [-0.3, -0.25) is 0 Å². The topological polar surface area (TPSA) is 63.1 Å². The highest BCUT2D eigenvalue weighted by Crippen LogP contribution is 2.39. The lowest BCUT2D eigenvalue weighted by atomic mass is 9.98. The predicted octanol–water partition coefficient (Wildman–Crippen LogP) is 4.61. The van der Waals surface area contributed by atoms with Gasteiger partial charge in [0.2, 0.25) is 5.95 Å². The first-order valence-corrected chi connectivity index (χ1v) is 13.4. The van der Waals surface area contributed by atoms with Gasteiger partial charge in [0.25, 0.3) is 0 Å². The monoisotopic (exact) mass is 505 g/mol. The second kappa shape index (κ2) is 10.1. The van der Waals surface area contributed by atoms with Gasteiger partial charge in [0.1, 0.15) is 17.4 Å². The van der Waals surface area contributed by atoms with E-state index in [1.54, 1.807) is 7.11 Å². The number of hydrogen-bond acceptors (Lipinski definition) is 8. The van der Waals surface area contributed by atoms with Gasteiger partial charge in [-0.2, -0.15) is 21.8 Å². The van der Waals surface area contributed by atoms with Crippen molar-refractivity contribution in [2.75, 3.05) is 49.1 Å². The van der Waals surface area contributed by atoms with Crippen molar-refractivity contribution in [2.24, 2.45) is 5.10 Å². The lowest BCUT2D eigenvalue weighted by molar-refractivity contribution is 0.122. The number of fused-ring (bicyclic) bond motifs is 1. The maximum Gasteiger partial charge on any atom is 0.249 e. The van der Waals surface area contributed by atoms with Gasteiger partial charge in [-0.15, -0.1) is 0 Å². The SMILES string of the molecule is COc1ccc(C2=NN(c3nc4c(c(N5CCOCC5)n3)CSCC4)C(c3ccc(F)cc3)C2)cc1. The van der Waals surface area contributed by atoms with Crippen LogP contribution in [0, 0.1) is 5.82 Å². The summed E-state index contributed by atoms with van der Waals surface area (Å²) in [6.45, 7) is 3.02. The van der Waals surface area contributed by atoms with E-state index in [1.807, 2.05) is 53.2 Å². The van der Waals surface area contributed by atoms with Crippen LogP contribution in [0.25, 0.3) is 0 Å². The van der Waals surface area contributed by atoms with Crippen LogP contribution in [0.15, 0.2) is 53.6 Å². The lowest BCUT2D eigenvalue weighted by Gasteiger charge is -2.32. The summed E-state index contributed by atoms with van der Waals surface area (Å²) in [6, 6.07) is 14.5. The van der Waals surface area contributed by atoms with Crippen molar-refractivity contribution in [3.05, 3.63) is 76.7 Å². The summed E-state index contributed by atoms with van der Waals surface area (Å²) in [7, 11) is 1.66. The molecule has 4 heterocycles. The highest BCUT2D eigenvalue weighted by atomic mass is 32.2. The molecule has 1 unspecified atom stereocenters. The van der Waals surface area contributed by atoms with Gasteiger partial charge in [0, 0.05) is 30.8 Å². The molecular formula is C27H28FN5O2S. The quantitative estimate of drug-likeness (QED) is 0.502. The molecule has 186 valence electrons. The Kier molecular flexibility index (Phi) is 6.50. The number of nitrogens with zero attached hydrogens (tertiary/aromatic N) is 5. The largest absolute Gasteiger partial charge is 0.497 e. The van der Waals surface area contributed by atoms with E-state index in [0.29, 0.717) is 25.6 Å². The molecule has 3 aliphatic heterocycles. The third-order valence-corrected chi connectivity index (χ3v) is 7.88. The molecule has 2 aromatic carbocycles. The van der Waals surface area contributed by atoms with Crippen LogP contribution in [0.2, 0.25) is 0 Å². The Hall–Kier alpha value is -3.17. The van der Waals surface area contributed by atoms with E-state index in [4.69, 9.17) is 24.5 Å². The average molecular weight is 506 g/mol. The molecular weight excluding hydrogens is 477 g/mol. The van der Waals surface area contributed by atoms with Gasteiger partial charge in [-0.05, 0) is 59.7 Å². The summed E-state index contributed by atoms with van der Waals surface area (Å²) < 4.78 is 24.7. The highest BCUT2D eigenvalue weighted by molar-refractivity contribution is 7.98. The summed E-state index contributed by atoms with van der Waals surface area (Å²) >= 11 is 1.93. The zero-order valence-corrected chi connectivity index (χ0v) is 21.0. The van der Waals surface area contributed by atoms with Gasteiger partial charge in [-0.25, -0.2) is 14.4 Å². The Morgan fingerprint density at radius 3 is 2.56 bits per heavy atom.